The molecule has 0 aliphatic carbocycles. The highest BCUT2D eigenvalue weighted by Crippen LogP contribution is 2.37. The second-order valence-corrected chi connectivity index (χ2v) is 9.77. The fourth-order valence-electron chi connectivity index (χ4n) is 3.65. The van der Waals surface area contributed by atoms with Gasteiger partial charge in [-0.1, -0.05) is 49.0 Å². The molecule has 1 atom stereocenters. The summed E-state index contributed by atoms with van der Waals surface area (Å²) in [6.07, 6.45) is 4.28. The average molecular weight is 448 g/mol. The molecule has 0 unspecified atom stereocenters. The van der Waals surface area contributed by atoms with Crippen molar-refractivity contribution in [3.05, 3.63) is 67.1 Å². The zero-order valence-corrected chi connectivity index (χ0v) is 18.6. The van der Waals surface area contributed by atoms with E-state index in [1.54, 1.807) is 10.9 Å². The number of carbonyl (C=O) groups excluding carboxylic acids is 1. The van der Waals surface area contributed by atoms with Crippen molar-refractivity contribution in [3.8, 4) is 5.69 Å². The summed E-state index contributed by atoms with van der Waals surface area (Å²) < 4.78 is 1.80. The lowest BCUT2D eigenvalue weighted by Crippen LogP contribution is -2.33. The second-order valence-electron chi connectivity index (χ2n) is 7.33. The number of anilines is 1. The number of para-hydroxylation sites is 2. The Kier molecular flexibility index (Phi) is 5.65. The van der Waals surface area contributed by atoms with Gasteiger partial charge in [-0.25, -0.2) is 14.6 Å². The Labute approximate surface area is 189 Å². The third-order valence-corrected chi connectivity index (χ3v) is 7.43. The van der Waals surface area contributed by atoms with E-state index in [1.165, 1.54) is 23.0 Å². The molecule has 0 N–H and O–H groups in total. The normalized spacial score (nSPS) is 16.2. The van der Waals surface area contributed by atoms with Crippen LogP contribution < -0.4 is 4.90 Å². The minimum atomic E-state index is 0.0920. The highest BCUT2D eigenvalue weighted by molar-refractivity contribution is 8.00. The summed E-state index contributed by atoms with van der Waals surface area (Å²) in [6, 6.07) is 18.0. The van der Waals surface area contributed by atoms with Crippen molar-refractivity contribution >= 4 is 46.2 Å². The van der Waals surface area contributed by atoms with Crippen LogP contribution in [0.4, 0.5) is 5.69 Å². The van der Waals surface area contributed by atoms with Gasteiger partial charge in [-0.3, -0.25) is 4.79 Å². The molecule has 3 heterocycles. The van der Waals surface area contributed by atoms with Crippen LogP contribution in [0.3, 0.4) is 0 Å². The van der Waals surface area contributed by atoms with Crippen molar-refractivity contribution in [2.75, 3.05) is 17.2 Å². The third-order valence-electron chi connectivity index (χ3n) is 5.21. The molecule has 1 aliphatic rings. The molecule has 5 rings (SSSR count). The van der Waals surface area contributed by atoms with Gasteiger partial charge in [0.2, 0.25) is 5.91 Å². The highest BCUT2D eigenvalue weighted by Gasteiger charge is 2.24. The van der Waals surface area contributed by atoms with E-state index in [0.29, 0.717) is 11.0 Å². The molecule has 4 aromatic rings. The number of aromatic nitrogens is 4. The van der Waals surface area contributed by atoms with Crippen LogP contribution in [-0.4, -0.2) is 43.2 Å². The smallest absolute Gasteiger partial charge is 0.237 e. The van der Waals surface area contributed by atoms with Crippen LogP contribution in [0.1, 0.15) is 13.3 Å². The topological polar surface area (TPSA) is 63.9 Å². The molecule has 0 spiro atoms. The van der Waals surface area contributed by atoms with Gasteiger partial charge in [0, 0.05) is 16.7 Å². The summed E-state index contributed by atoms with van der Waals surface area (Å²) in [5.41, 5.74) is 2.68. The number of thioether (sulfide) groups is 2. The first kappa shape index (κ1) is 20.1. The molecule has 0 fully saturated rings. The molecular weight excluding hydrogens is 426 g/mol. The van der Waals surface area contributed by atoms with Gasteiger partial charge >= 0.3 is 0 Å². The zero-order chi connectivity index (χ0) is 21.2. The molecule has 0 bridgehead atoms. The number of rotatable bonds is 4. The first-order chi connectivity index (χ1) is 15.2. The standard InChI is InChI=1S/C23H21N5OS2/c1-16-11-12-27(19-9-5-6-10-20(19)31-16)21(29)14-30-23-18-13-26-28(22(18)24-15-25-23)17-7-3-2-4-8-17/h2-10,13,15-16H,11-12,14H2,1H3/t16-/m0/s1. The van der Waals surface area contributed by atoms with E-state index in [4.69, 9.17) is 0 Å². The number of hydrogen-bond acceptors (Lipinski definition) is 6. The van der Waals surface area contributed by atoms with E-state index < -0.39 is 0 Å². The van der Waals surface area contributed by atoms with Crippen LogP contribution in [0.25, 0.3) is 16.7 Å². The number of benzene rings is 2. The minimum Gasteiger partial charge on any atom is -0.311 e. The number of amides is 1. The lowest BCUT2D eigenvalue weighted by molar-refractivity contribution is -0.116. The van der Waals surface area contributed by atoms with E-state index in [-0.39, 0.29) is 5.91 Å². The molecule has 1 amide bonds. The maximum absolute atomic E-state index is 13.2. The monoisotopic (exact) mass is 447 g/mol. The number of fused-ring (bicyclic) bond motifs is 2. The molecule has 0 radical (unpaired) electrons. The van der Waals surface area contributed by atoms with Gasteiger partial charge in [-0.2, -0.15) is 5.10 Å². The average Bonchev–Trinajstić information content (AvgIpc) is 3.16. The van der Waals surface area contributed by atoms with Crippen LogP contribution in [0.2, 0.25) is 0 Å². The largest absolute Gasteiger partial charge is 0.311 e. The lowest BCUT2D eigenvalue weighted by Gasteiger charge is -2.22. The van der Waals surface area contributed by atoms with Crippen molar-refractivity contribution in [1.82, 2.24) is 19.7 Å². The third kappa shape index (κ3) is 4.05. The van der Waals surface area contributed by atoms with Crippen molar-refractivity contribution in [2.45, 2.75) is 28.5 Å². The quantitative estimate of drug-likeness (QED) is 0.330. The molecule has 2 aromatic carbocycles. The van der Waals surface area contributed by atoms with E-state index >= 15 is 0 Å². The molecule has 31 heavy (non-hydrogen) atoms. The minimum absolute atomic E-state index is 0.0920. The van der Waals surface area contributed by atoms with Gasteiger partial charge in [0.15, 0.2) is 5.65 Å². The fraction of sp³-hybridized carbons (Fsp3) is 0.217. The van der Waals surface area contributed by atoms with Crippen molar-refractivity contribution < 1.29 is 4.79 Å². The maximum atomic E-state index is 13.2. The van der Waals surface area contributed by atoms with Gasteiger partial charge in [-0.05, 0) is 30.7 Å². The van der Waals surface area contributed by atoms with E-state index in [1.807, 2.05) is 65.2 Å². The molecule has 8 heteroatoms. The Bertz CT molecular complexity index is 1230. The van der Waals surface area contributed by atoms with E-state index in [0.717, 1.165) is 40.4 Å². The SMILES string of the molecule is C[C@H]1CCN(C(=O)CSc2ncnc3c2cnn3-c2ccccc2)c2ccccc2S1. The molecule has 156 valence electrons. The van der Waals surface area contributed by atoms with Crippen molar-refractivity contribution in [1.29, 1.82) is 0 Å². The predicted molar refractivity (Wildman–Crippen MR) is 126 cm³/mol. The molecule has 0 saturated carbocycles. The number of carbonyl (C=O) groups is 1. The molecule has 1 aliphatic heterocycles. The first-order valence-corrected chi connectivity index (χ1v) is 12.0. The molecule has 0 saturated heterocycles. The lowest BCUT2D eigenvalue weighted by atomic mass is 10.2. The fourth-order valence-corrected chi connectivity index (χ4v) is 5.60. The Morgan fingerprint density at radius 3 is 2.81 bits per heavy atom. The number of nitrogens with zero attached hydrogens (tertiary/aromatic N) is 5. The van der Waals surface area contributed by atoms with Crippen LogP contribution >= 0.6 is 23.5 Å². The summed E-state index contributed by atoms with van der Waals surface area (Å²) in [5.74, 6) is 0.407. The zero-order valence-electron chi connectivity index (χ0n) is 17.0. The molecule has 6 nitrogen and oxygen atoms in total. The van der Waals surface area contributed by atoms with Crippen LogP contribution in [0.15, 0.2) is 77.0 Å². The Morgan fingerprint density at radius 1 is 1.13 bits per heavy atom. The summed E-state index contributed by atoms with van der Waals surface area (Å²) in [4.78, 5) is 25.1. The summed E-state index contributed by atoms with van der Waals surface area (Å²) in [6.45, 7) is 2.95. The van der Waals surface area contributed by atoms with Gasteiger partial charge in [0.25, 0.3) is 0 Å². The summed E-state index contributed by atoms with van der Waals surface area (Å²) in [7, 11) is 0. The van der Waals surface area contributed by atoms with Gasteiger partial charge in [0.05, 0.1) is 28.7 Å². The Hall–Kier alpha value is -2.84. The molecular formula is C23H21N5OS2. The maximum Gasteiger partial charge on any atom is 0.237 e. The van der Waals surface area contributed by atoms with Gasteiger partial charge in [-0.15, -0.1) is 11.8 Å². The van der Waals surface area contributed by atoms with Crippen LogP contribution in [0, 0.1) is 0 Å². The Balaban J connectivity index is 1.38. The van der Waals surface area contributed by atoms with Gasteiger partial charge in [0.1, 0.15) is 11.4 Å². The second kappa shape index (κ2) is 8.72. The van der Waals surface area contributed by atoms with E-state index in [9.17, 15) is 4.79 Å². The van der Waals surface area contributed by atoms with Crippen LogP contribution in [-0.2, 0) is 4.79 Å². The van der Waals surface area contributed by atoms with Crippen molar-refractivity contribution in [2.24, 2.45) is 0 Å². The Morgan fingerprint density at radius 2 is 1.94 bits per heavy atom. The van der Waals surface area contributed by atoms with Crippen molar-refractivity contribution in [3.63, 3.8) is 0 Å². The van der Waals surface area contributed by atoms with Crippen LogP contribution in [0.5, 0.6) is 0 Å². The van der Waals surface area contributed by atoms with Gasteiger partial charge < -0.3 is 4.90 Å². The predicted octanol–water partition coefficient (Wildman–Crippen LogP) is 4.83. The summed E-state index contributed by atoms with van der Waals surface area (Å²) >= 11 is 3.28. The van der Waals surface area contributed by atoms with E-state index in [2.05, 4.69) is 28.1 Å². The number of hydrogen-bond donors (Lipinski definition) is 0. The first-order valence-electron chi connectivity index (χ1n) is 10.1. The highest BCUT2D eigenvalue weighted by atomic mass is 32.2. The summed E-state index contributed by atoms with van der Waals surface area (Å²) in [5, 5.41) is 6.60. The molecule has 2 aromatic heterocycles.